The molecule has 0 atom stereocenters. The van der Waals surface area contributed by atoms with Gasteiger partial charge in [0.05, 0.1) is 0 Å². The number of piperazine rings is 1. The van der Waals surface area contributed by atoms with Gasteiger partial charge in [-0.05, 0) is 37.0 Å². The number of aryl methyl sites for hydroxylation is 1. The molecule has 2 fully saturated rings. The number of carbonyl (C=O) groups is 2. The van der Waals surface area contributed by atoms with Crippen LogP contribution in [0.2, 0.25) is 0 Å². The maximum Gasteiger partial charge on any atom is 0.225 e. The van der Waals surface area contributed by atoms with E-state index in [1.54, 1.807) is 12.1 Å². The van der Waals surface area contributed by atoms with Gasteiger partial charge in [0, 0.05) is 38.5 Å². The molecule has 3 rings (SSSR count). The standard InChI is InChI=1S/C18H23FN2O2/c19-16-7-4-14(5-8-16)6-9-17(22)20-10-12-21(13-11-20)18(23)15-2-1-3-15/h4-5,7-8,15H,1-3,6,9-13H2. The van der Waals surface area contributed by atoms with E-state index in [-0.39, 0.29) is 23.5 Å². The van der Waals surface area contributed by atoms with Crippen LogP contribution in [0.15, 0.2) is 24.3 Å². The first-order chi connectivity index (χ1) is 11.1. The van der Waals surface area contributed by atoms with Gasteiger partial charge < -0.3 is 9.80 Å². The lowest BCUT2D eigenvalue weighted by molar-refractivity contribution is -0.144. The zero-order chi connectivity index (χ0) is 16.2. The van der Waals surface area contributed by atoms with E-state index in [4.69, 9.17) is 0 Å². The lowest BCUT2D eigenvalue weighted by Gasteiger charge is -2.38. The Kier molecular flexibility index (Phi) is 4.94. The molecule has 0 aromatic heterocycles. The van der Waals surface area contributed by atoms with Crippen LogP contribution in [0.4, 0.5) is 4.39 Å². The Balaban J connectivity index is 1.42. The van der Waals surface area contributed by atoms with Crippen molar-refractivity contribution in [1.82, 2.24) is 9.80 Å². The van der Waals surface area contributed by atoms with Gasteiger partial charge in [0.2, 0.25) is 11.8 Å². The van der Waals surface area contributed by atoms with Gasteiger partial charge in [0.1, 0.15) is 5.82 Å². The Hall–Kier alpha value is -1.91. The highest BCUT2D eigenvalue weighted by molar-refractivity contribution is 5.80. The van der Waals surface area contributed by atoms with Crippen LogP contribution in [0.3, 0.4) is 0 Å². The number of benzene rings is 1. The third kappa shape index (κ3) is 3.89. The van der Waals surface area contributed by atoms with E-state index in [9.17, 15) is 14.0 Å². The molecule has 1 aliphatic heterocycles. The molecule has 0 bridgehead atoms. The highest BCUT2D eigenvalue weighted by Gasteiger charge is 2.31. The fraction of sp³-hybridized carbons (Fsp3) is 0.556. The van der Waals surface area contributed by atoms with Gasteiger partial charge in [-0.2, -0.15) is 0 Å². The molecule has 0 spiro atoms. The molecule has 1 saturated heterocycles. The maximum absolute atomic E-state index is 12.9. The van der Waals surface area contributed by atoms with Crippen LogP contribution in [0.1, 0.15) is 31.2 Å². The van der Waals surface area contributed by atoms with Gasteiger partial charge >= 0.3 is 0 Å². The Morgan fingerprint density at radius 2 is 1.61 bits per heavy atom. The second-order valence-corrected chi connectivity index (χ2v) is 6.46. The first-order valence-corrected chi connectivity index (χ1v) is 8.44. The fourth-order valence-corrected chi connectivity index (χ4v) is 3.15. The Bertz CT molecular complexity index is 561. The van der Waals surface area contributed by atoms with Gasteiger partial charge in [-0.25, -0.2) is 4.39 Å². The average Bonchev–Trinajstić information content (AvgIpc) is 2.52. The molecule has 1 aliphatic carbocycles. The first kappa shape index (κ1) is 16.0. The van der Waals surface area contributed by atoms with Crippen molar-refractivity contribution in [3.63, 3.8) is 0 Å². The van der Waals surface area contributed by atoms with Crippen LogP contribution in [0, 0.1) is 11.7 Å². The monoisotopic (exact) mass is 318 g/mol. The number of halogens is 1. The maximum atomic E-state index is 12.9. The Labute approximate surface area is 136 Å². The van der Waals surface area contributed by atoms with Crippen LogP contribution < -0.4 is 0 Å². The molecule has 1 saturated carbocycles. The smallest absolute Gasteiger partial charge is 0.225 e. The summed E-state index contributed by atoms with van der Waals surface area (Å²) in [5, 5.41) is 0. The zero-order valence-electron chi connectivity index (χ0n) is 13.3. The Morgan fingerprint density at radius 3 is 2.17 bits per heavy atom. The van der Waals surface area contributed by atoms with Crippen LogP contribution in [-0.4, -0.2) is 47.8 Å². The summed E-state index contributed by atoms with van der Waals surface area (Å²) in [4.78, 5) is 28.2. The van der Waals surface area contributed by atoms with E-state index in [2.05, 4.69) is 0 Å². The molecule has 23 heavy (non-hydrogen) atoms. The number of hydrogen-bond donors (Lipinski definition) is 0. The predicted octanol–water partition coefficient (Wildman–Crippen LogP) is 2.23. The number of carbonyl (C=O) groups excluding carboxylic acids is 2. The largest absolute Gasteiger partial charge is 0.339 e. The molecule has 1 heterocycles. The third-order valence-electron chi connectivity index (χ3n) is 4.94. The van der Waals surface area contributed by atoms with Crippen molar-refractivity contribution in [1.29, 1.82) is 0 Å². The minimum absolute atomic E-state index is 0.116. The third-order valence-corrected chi connectivity index (χ3v) is 4.94. The van der Waals surface area contributed by atoms with Crippen LogP contribution in [0.25, 0.3) is 0 Å². The van der Waals surface area contributed by atoms with Crippen molar-refractivity contribution in [2.75, 3.05) is 26.2 Å². The predicted molar refractivity (Wildman–Crippen MR) is 85.2 cm³/mol. The summed E-state index contributed by atoms with van der Waals surface area (Å²) in [6.45, 7) is 2.55. The highest BCUT2D eigenvalue weighted by atomic mass is 19.1. The average molecular weight is 318 g/mol. The van der Waals surface area contributed by atoms with Gasteiger partial charge in [0.25, 0.3) is 0 Å². The van der Waals surface area contributed by atoms with Crippen LogP contribution >= 0.6 is 0 Å². The second kappa shape index (κ2) is 7.11. The summed E-state index contributed by atoms with van der Waals surface area (Å²) >= 11 is 0. The van der Waals surface area contributed by atoms with Crippen molar-refractivity contribution >= 4 is 11.8 Å². The molecule has 0 radical (unpaired) electrons. The zero-order valence-corrected chi connectivity index (χ0v) is 13.3. The van der Waals surface area contributed by atoms with Crippen molar-refractivity contribution in [3.8, 4) is 0 Å². The lowest BCUT2D eigenvalue weighted by Crippen LogP contribution is -2.52. The summed E-state index contributed by atoms with van der Waals surface area (Å²) in [6, 6.07) is 6.28. The van der Waals surface area contributed by atoms with E-state index in [1.807, 2.05) is 9.80 Å². The summed E-state index contributed by atoms with van der Waals surface area (Å²) < 4.78 is 12.9. The molecule has 1 aromatic carbocycles. The molecule has 124 valence electrons. The van der Waals surface area contributed by atoms with Gasteiger partial charge in [-0.3, -0.25) is 9.59 Å². The molecular formula is C18H23FN2O2. The Morgan fingerprint density at radius 1 is 1.00 bits per heavy atom. The number of hydrogen-bond acceptors (Lipinski definition) is 2. The van der Waals surface area contributed by atoms with Gasteiger partial charge in [0.15, 0.2) is 0 Å². The number of rotatable bonds is 4. The van der Waals surface area contributed by atoms with E-state index in [0.29, 0.717) is 39.0 Å². The SMILES string of the molecule is O=C(CCc1ccc(F)cc1)N1CCN(C(=O)C2CCC2)CC1. The van der Waals surface area contributed by atoms with Crippen molar-refractivity contribution in [2.24, 2.45) is 5.92 Å². The molecular weight excluding hydrogens is 295 g/mol. The molecule has 0 unspecified atom stereocenters. The minimum Gasteiger partial charge on any atom is -0.339 e. The first-order valence-electron chi connectivity index (χ1n) is 8.44. The fourth-order valence-electron chi connectivity index (χ4n) is 3.15. The van der Waals surface area contributed by atoms with Crippen molar-refractivity contribution in [3.05, 3.63) is 35.6 Å². The summed E-state index contributed by atoms with van der Waals surface area (Å²) in [6.07, 6.45) is 4.27. The topological polar surface area (TPSA) is 40.6 Å². The van der Waals surface area contributed by atoms with Crippen LogP contribution in [0.5, 0.6) is 0 Å². The summed E-state index contributed by atoms with van der Waals surface area (Å²) in [5.74, 6) is 0.364. The van der Waals surface area contributed by atoms with Crippen molar-refractivity contribution < 1.29 is 14.0 Å². The van der Waals surface area contributed by atoms with E-state index >= 15 is 0 Å². The molecule has 0 N–H and O–H groups in total. The van der Waals surface area contributed by atoms with Gasteiger partial charge in [-0.15, -0.1) is 0 Å². The van der Waals surface area contributed by atoms with Gasteiger partial charge in [-0.1, -0.05) is 18.6 Å². The summed E-state index contributed by atoms with van der Waals surface area (Å²) in [5.41, 5.74) is 0.971. The van der Waals surface area contributed by atoms with E-state index < -0.39 is 0 Å². The molecule has 2 amide bonds. The normalized spacial score (nSPS) is 18.7. The van der Waals surface area contributed by atoms with Crippen LogP contribution in [-0.2, 0) is 16.0 Å². The minimum atomic E-state index is -0.257. The molecule has 4 nitrogen and oxygen atoms in total. The quantitative estimate of drug-likeness (QED) is 0.854. The van der Waals surface area contributed by atoms with Crippen molar-refractivity contribution in [2.45, 2.75) is 32.1 Å². The molecule has 1 aromatic rings. The van der Waals surface area contributed by atoms with E-state index in [1.165, 1.54) is 12.1 Å². The molecule has 2 aliphatic rings. The molecule has 5 heteroatoms. The number of nitrogens with zero attached hydrogens (tertiary/aromatic N) is 2. The highest BCUT2D eigenvalue weighted by Crippen LogP contribution is 2.28. The van der Waals surface area contributed by atoms with E-state index in [0.717, 1.165) is 24.8 Å². The number of amides is 2. The summed E-state index contributed by atoms with van der Waals surface area (Å²) in [7, 11) is 0. The lowest BCUT2D eigenvalue weighted by atomic mass is 9.84. The second-order valence-electron chi connectivity index (χ2n) is 6.46.